The van der Waals surface area contributed by atoms with Gasteiger partial charge in [0.1, 0.15) is 0 Å². The van der Waals surface area contributed by atoms with Gasteiger partial charge in [-0.15, -0.1) is 0 Å². The number of benzene rings is 1. The van der Waals surface area contributed by atoms with Crippen molar-refractivity contribution in [3.05, 3.63) is 35.0 Å². The van der Waals surface area contributed by atoms with Gasteiger partial charge in [0.15, 0.2) is 0 Å². The van der Waals surface area contributed by atoms with Gasteiger partial charge in [-0.05, 0) is 50.0 Å². The lowest BCUT2D eigenvalue weighted by Gasteiger charge is -2.22. The number of carbonyl (C=O) groups excluding carboxylic acids is 1. The molecule has 1 aromatic carbocycles. The summed E-state index contributed by atoms with van der Waals surface area (Å²) in [5.74, 6) is 0.373. The molecule has 116 valence electrons. The molecule has 0 atom stereocenters. The van der Waals surface area contributed by atoms with Gasteiger partial charge >= 0.3 is 0 Å². The van der Waals surface area contributed by atoms with Crippen LogP contribution in [0.3, 0.4) is 0 Å². The van der Waals surface area contributed by atoms with Crippen LogP contribution in [-0.2, 0) is 0 Å². The molecule has 2 aromatic rings. The van der Waals surface area contributed by atoms with Gasteiger partial charge in [0.2, 0.25) is 0 Å². The largest absolute Gasteiger partial charge is 0.397 e. The average Bonchev–Trinajstić information content (AvgIpc) is 2.57. The van der Waals surface area contributed by atoms with Crippen molar-refractivity contribution in [1.82, 2.24) is 15.6 Å². The molecule has 1 saturated heterocycles. The summed E-state index contributed by atoms with van der Waals surface area (Å²) in [6.07, 6.45) is 3.82. The normalized spacial score (nSPS) is 15.9. The number of fused-ring (bicyclic) bond motifs is 1. The molecule has 0 unspecified atom stereocenters. The minimum Gasteiger partial charge on any atom is -0.397 e. The number of hydrogen-bond acceptors (Lipinski definition) is 4. The highest BCUT2D eigenvalue weighted by Crippen LogP contribution is 2.30. The first-order valence-electron chi connectivity index (χ1n) is 7.48. The SMILES string of the molecule is Nc1c(Cl)cc(C(=O)NCC2CCNCC2)c2ncccc12. The van der Waals surface area contributed by atoms with Gasteiger partial charge in [-0.3, -0.25) is 9.78 Å². The summed E-state index contributed by atoms with van der Waals surface area (Å²) in [6.45, 7) is 2.70. The smallest absolute Gasteiger partial charge is 0.253 e. The standard InChI is InChI=1S/C16H19ClN4O/c17-13-8-12(15-11(14(13)18)2-1-5-20-15)16(22)21-9-10-3-6-19-7-4-10/h1-2,5,8,10,19H,3-4,6-7,9,18H2,(H,21,22). The fourth-order valence-electron chi connectivity index (χ4n) is 2.83. The van der Waals surface area contributed by atoms with Crippen LogP contribution in [0, 0.1) is 5.92 Å². The second-order valence-electron chi connectivity index (χ2n) is 5.62. The highest BCUT2D eigenvalue weighted by atomic mass is 35.5. The molecule has 1 fully saturated rings. The molecule has 1 amide bonds. The maximum atomic E-state index is 12.5. The van der Waals surface area contributed by atoms with Gasteiger partial charge in [-0.1, -0.05) is 11.6 Å². The number of nitrogens with zero attached hydrogens (tertiary/aromatic N) is 1. The van der Waals surface area contributed by atoms with Crippen molar-refractivity contribution < 1.29 is 4.79 Å². The molecule has 5 nitrogen and oxygen atoms in total. The van der Waals surface area contributed by atoms with Crippen molar-refractivity contribution in [2.75, 3.05) is 25.4 Å². The van der Waals surface area contributed by atoms with E-state index in [0.29, 0.717) is 39.6 Å². The van der Waals surface area contributed by atoms with Gasteiger partial charge in [0.05, 0.1) is 21.8 Å². The minimum absolute atomic E-state index is 0.149. The number of nitrogen functional groups attached to an aromatic ring is 1. The Labute approximate surface area is 134 Å². The lowest BCUT2D eigenvalue weighted by Crippen LogP contribution is -2.36. The van der Waals surface area contributed by atoms with E-state index < -0.39 is 0 Å². The minimum atomic E-state index is -0.149. The third-order valence-corrected chi connectivity index (χ3v) is 4.45. The molecule has 0 saturated carbocycles. The van der Waals surface area contributed by atoms with Crippen molar-refractivity contribution in [3.8, 4) is 0 Å². The molecule has 22 heavy (non-hydrogen) atoms. The van der Waals surface area contributed by atoms with E-state index in [1.54, 1.807) is 18.3 Å². The van der Waals surface area contributed by atoms with Crippen LogP contribution >= 0.6 is 11.6 Å². The molecular weight excluding hydrogens is 300 g/mol. The second-order valence-corrected chi connectivity index (χ2v) is 6.03. The molecular formula is C16H19ClN4O. The first-order valence-corrected chi connectivity index (χ1v) is 7.86. The van der Waals surface area contributed by atoms with Crippen molar-refractivity contribution in [2.45, 2.75) is 12.8 Å². The number of hydrogen-bond donors (Lipinski definition) is 3. The van der Waals surface area contributed by atoms with Gasteiger partial charge < -0.3 is 16.4 Å². The number of carbonyl (C=O) groups is 1. The van der Waals surface area contributed by atoms with E-state index in [9.17, 15) is 4.79 Å². The summed E-state index contributed by atoms with van der Waals surface area (Å²) in [6, 6.07) is 5.21. The number of piperidine rings is 1. The van der Waals surface area contributed by atoms with E-state index in [0.717, 1.165) is 25.9 Å². The van der Waals surface area contributed by atoms with Crippen LogP contribution in [0.15, 0.2) is 24.4 Å². The molecule has 6 heteroatoms. The summed E-state index contributed by atoms with van der Waals surface area (Å²) in [5, 5.41) is 7.41. The number of rotatable bonds is 3. The fourth-order valence-corrected chi connectivity index (χ4v) is 3.04. The molecule has 0 radical (unpaired) electrons. The number of pyridine rings is 1. The molecule has 1 aliphatic rings. The van der Waals surface area contributed by atoms with Crippen LogP contribution in [0.2, 0.25) is 5.02 Å². The predicted molar refractivity (Wildman–Crippen MR) is 89.1 cm³/mol. The van der Waals surface area contributed by atoms with E-state index >= 15 is 0 Å². The van der Waals surface area contributed by atoms with Gasteiger partial charge in [0, 0.05) is 18.1 Å². The highest BCUT2D eigenvalue weighted by molar-refractivity contribution is 6.35. The monoisotopic (exact) mass is 318 g/mol. The van der Waals surface area contributed by atoms with Crippen molar-refractivity contribution in [1.29, 1.82) is 0 Å². The van der Waals surface area contributed by atoms with Gasteiger partial charge in [-0.2, -0.15) is 0 Å². The number of anilines is 1. The quantitative estimate of drug-likeness (QED) is 0.758. The molecule has 0 spiro atoms. The second kappa shape index (κ2) is 6.50. The van der Waals surface area contributed by atoms with Gasteiger partial charge in [-0.25, -0.2) is 0 Å². The Balaban J connectivity index is 1.83. The van der Waals surface area contributed by atoms with E-state index in [1.807, 2.05) is 6.07 Å². The summed E-state index contributed by atoms with van der Waals surface area (Å²) in [4.78, 5) is 16.8. The lowest BCUT2D eigenvalue weighted by atomic mass is 9.98. The number of nitrogens with two attached hydrogens (primary N) is 1. The van der Waals surface area contributed by atoms with Crippen LogP contribution in [0.5, 0.6) is 0 Å². The first kappa shape index (κ1) is 15.1. The van der Waals surface area contributed by atoms with E-state index in [1.165, 1.54) is 0 Å². The third kappa shape index (κ3) is 3.00. The molecule has 4 N–H and O–H groups in total. The van der Waals surface area contributed by atoms with Crippen LogP contribution in [-0.4, -0.2) is 30.5 Å². The molecule has 2 heterocycles. The van der Waals surface area contributed by atoms with Crippen LogP contribution < -0.4 is 16.4 Å². The predicted octanol–water partition coefficient (Wildman–Crippen LogP) is 2.20. The Morgan fingerprint density at radius 2 is 2.23 bits per heavy atom. The van der Waals surface area contributed by atoms with Crippen LogP contribution in [0.4, 0.5) is 5.69 Å². The fraction of sp³-hybridized carbons (Fsp3) is 0.375. The Morgan fingerprint density at radius 3 is 3.00 bits per heavy atom. The van der Waals surface area contributed by atoms with Crippen molar-refractivity contribution in [3.63, 3.8) is 0 Å². The Bertz CT molecular complexity index is 698. The summed E-state index contributed by atoms with van der Waals surface area (Å²) in [7, 11) is 0. The van der Waals surface area contributed by atoms with Crippen LogP contribution in [0.25, 0.3) is 10.9 Å². The zero-order chi connectivity index (χ0) is 15.5. The maximum Gasteiger partial charge on any atom is 0.253 e. The number of nitrogens with one attached hydrogen (secondary N) is 2. The first-order chi connectivity index (χ1) is 10.7. The number of halogens is 1. The topological polar surface area (TPSA) is 80.0 Å². The summed E-state index contributed by atoms with van der Waals surface area (Å²) < 4.78 is 0. The molecule has 0 bridgehead atoms. The zero-order valence-electron chi connectivity index (χ0n) is 12.2. The Kier molecular flexibility index (Phi) is 4.45. The Hall–Kier alpha value is -1.85. The van der Waals surface area contributed by atoms with Crippen LogP contribution in [0.1, 0.15) is 23.2 Å². The van der Waals surface area contributed by atoms with E-state index in [4.69, 9.17) is 17.3 Å². The number of amides is 1. The summed E-state index contributed by atoms with van der Waals surface area (Å²) >= 11 is 6.14. The third-order valence-electron chi connectivity index (χ3n) is 4.14. The van der Waals surface area contributed by atoms with E-state index in [-0.39, 0.29) is 5.91 Å². The lowest BCUT2D eigenvalue weighted by molar-refractivity contribution is 0.0945. The zero-order valence-corrected chi connectivity index (χ0v) is 13.0. The molecule has 0 aliphatic carbocycles. The molecule has 1 aromatic heterocycles. The van der Waals surface area contributed by atoms with Crippen molar-refractivity contribution >= 4 is 34.1 Å². The average molecular weight is 319 g/mol. The van der Waals surface area contributed by atoms with Gasteiger partial charge in [0.25, 0.3) is 5.91 Å². The molecule has 3 rings (SSSR count). The summed E-state index contributed by atoms with van der Waals surface area (Å²) in [5.41, 5.74) is 7.49. The Morgan fingerprint density at radius 1 is 1.45 bits per heavy atom. The van der Waals surface area contributed by atoms with Crippen molar-refractivity contribution in [2.24, 2.45) is 5.92 Å². The van der Waals surface area contributed by atoms with E-state index in [2.05, 4.69) is 15.6 Å². The number of aromatic nitrogens is 1. The highest BCUT2D eigenvalue weighted by Gasteiger charge is 2.18. The maximum absolute atomic E-state index is 12.5. The molecule has 1 aliphatic heterocycles.